The molecular formula is C23H24O10. The lowest BCUT2D eigenvalue weighted by molar-refractivity contribution is -0.277. The van der Waals surface area contributed by atoms with Crippen molar-refractivity contribution in [2.75, 3.05) is 20.8 Å². The van der Waals surface area contributed by atoms with Crippen LogP contribution in [-0.2, 0) is 4.74 Å². The lowest BCUT2D eigenvalue weighted by Crippen LogP contribution is -2.60. The summed E-state index contributed by atoms with van der Waals surface area (Å²) < 4.78 is 21.6. The van der Waals surface area contributed by atoms with E-state index in [9.17, 15) is 30.0 Å². The SMILES string of the molecule is COc1cc(OC)c2c(c1)C(=O)c1cc(O[C@@H]3O[C@H](CO)[C@H](O)[C@@H](O)[C@H]3O)c(C)cc1C2=O. The van der Waals surface area contributed by atoms with Gasteiger partial charge in [0.1, 0.15) is 41.7 Å². The van der Waals surface area contributed by atoms with Gasteiger partial charge in [-0.1, -0.05) is 0 Å². The second-order valence-electron chi connectivity index (χ2n) is 7.89. The van der Waals surface area contributed by atoms with E-state index in [0.29, 0.717) is 11.3 Å². The molecule has 0 spiro atoms. The van der Waals surface area contributed by atoms with Crippen LogP contribution in [0.2, 0.25) is 0 Å². The maximum atomic E-state index is 13.3. The number of hydrogen-bond donors (Lipinski definition) is 4. The van der Waals surface area contributed by atoms with Gasteiger partial charge in [-0.3, -0.25) is 9.59 Å². The van der Waals surface area contributed by atoms with Crippen molar-refractivity contribution in [1.29, 1.82) is 0 Å². The molecule has 0 radical (unpaired) electrons. The molecule has 2 aromatic rings. The zero-order valence-corrected chi connectivity index (χ0v) is 18.1. The second-order valence-corrected chi connectivity index (χ2v) is 7.89. The fraction of sp³-hybridized carbons (Fsp3) is 0.391. The van der Waals surface area contributed by atoms with Gasteiger partial charge in [0.2, 0.25) is 6.29 Å². The van der Waals surface area contributed by atoms with E-state index in [2.05, 4.69) is 0 Å². The van der Waals surface area contributed by atoms with Gasteiger partial charge in [-0.15, -0.1) is 0 Å². The summed E-state index contributed by atoms with van der Waals surface area (Å²) in [6, 6.07) is 5.83. The lowest BCUT2D eigenvalue weighted by Gasteiger charge is -2.39. The van der Waals surface area contributed by atoms with Crippen molar-refractivity contribution in [2.24, 2.45) is 0 Å². The van der Waals surface area contributed by atoms with Crippen LogP contribution in [0.4, 0.5) is 0 Å². The minimum Gasteiger partial charge on any atom is -0.497 e. The largest absolute Gasteiger partial charge is 0.497 e. The molecular weight excluding hydrogens is 436 g/mol. The van der Waals surface area contributed by atoms with Gasteiger partial charge in [-0.25, -0.2) is 0 Å². The number of rotatable bonds is 5. The van der Waals surface area contributed by atoms with Crippen molar-refractivity contribution in [2.45, 2.75) is 37.6 Å². The molecule has 10 nitrogen and oxygen atoms in total. The quantitative estimate of drug-likeness (QED) is 0.408. The summed E-state index contributed by atoms with van der Waals surface area (Å²) in [6.45, 7) is 1.03. The Kier molecular flexibility index (Phi) is 6.12. The van der Waals surface area contributed by atoms with Crippen molar-refractivity contribution in [3.05, 3.63) is 52.1 Å². The molecule has 0 amide bonds. The molecule has 1 heterocycles. The number of aliphatic hydroxyl groups excluding tert-OH is 4. The maximum absolute atomic E-state index is 13.3. The first-order valence-electron chi connectivity index (χ1n) is 10.2. The van der Waals surface area contributed by atoms with Gasteiger partial charge < -0.3 is 39.4 Å². The van der Waals surface area contributed by atoms with Crippen molar-refractivity contribution in [3.63, 3.8) is 0 Å². The van der Waals surface area contributed by atoms with E-state index in [0.717, 1.165) is 0 Å². The van der Waals surface area contributed by atoms with Gasteiger partial charge >= 0.3 is 0 Å². The molecule has 1 aliphatic heterocycles. The van der Waals surface area contributed by atoms with E-state index in [1.807, 2.05) is 0 Å². The lowest BCUT2D eigenvalue weighted by atomic mass is 9.82. The predicted molar refractivity (Wildman–Crippen MR) is 112 cm³/mol. The van der Waals surface area contributed by atoms with Crippen molar-refractivity contribution >= 4 is 11.6 Å². The van der Waals surface area contributed by atoms with E-state index in [1.54, 1.807) is 6.92 Å². The molecule has 1 saturated heterocycles. The summed E-state index contributed by atoms with van der Waals surface area (Å²) in [5, 5.41) is 39.6. The predicted octanol–water partition coefficient (Wildman–Crippen LogP) is -0.0337. The molecule has 33 heavy (non-hydrogen) atoms. The van der Waals surface area contributed by atoms with Crippen LogP contribution in [0, 0.1) is 6.92 Å². The first-order chi connectivity index (χ1) is 15.7. The number of aliphatic hydroxyl groups is 4. The Labute approximate surface area is 188 Å². The summed E-state index contributed by atoms with van der Waals surface area (Å²) in [5.74, 6) is -0.165. The highest BCUT2D eigenvalue weighted by Gasteiger charge is 2.45. The Balaban J connectivity index is 1.73. The third kappa shape index (κ3) is 3.75. The fourth-order valence-corrected chi connectivity index (χ4v) is 4.04. The zero-order valence-electron chi connectivity index (χ0n) is 18.1. The minimum absolute atomic E-state index is 0.0768. The van der Waals surface area contributed by atoms with Crippen LogP contribution in [0.25, 0.3) is 0 Å². The number of methoxy groups -OCH3 is 2. The van der Waals surface area contributed by atoms with Gasteiger partial charge in [-0.05, 0) is 30.7 Å². The normalized spacial score (nSPS) is 26.5. The van der Waals surface area contributed by atoms with Gasteiger partial charge in [0.25, 0.3) is 0 Å². The van der Waals surface area contributed by atoms with Crippen LogP contribution >= 0.6 is 0 Å². The van der Waals surface area contributed by atoms with E-state index >= 15 is 0 Å². The van der Waals surface area contributed by atoms with Crippen LogP contribution in [0.15, 0.2) is 24.3 Å². The topological polar surface area (TPSA) is 152 Å². The molecule has 2 aliphatic rings. The second kappa shape index (κ2) is 8.73. The van der Waals surface area contributed by atoms with Crippen LogP contribution in [-0.4, -0.2) is 83.5 Å². The number of ketones is 2. The smallest absolute Gasteiger partial charge is 0.229 e. The molecule has 0 saturated carbocycles. The van der Waals surface area contributed by atoms with Crippen LogP contribution in [0.1, 0.15) is 37.4 Å². The first kappa shape index (κ1) is 23.1. The fourth-order valence-electron chi connectivity index (χ4n) is 4.04. The molecule has 176 valence electrons. The van der Waals surface area contributed by atoms with E-state index < -0.39 is 48.9 Å². The van der Waals surface area contributed by atoms with Crippen molar-refractivity contribution < 1.29 is 49.0 Å². The van der Waals surface area contributed by atoms with Gasteiger partial charge in [0, 0.05) is 22.8 Å². The van der Waals surface area contributed by atoms with Gasteiger partial charge in [0.05, 0.1) is 26.4 Å². The molecule has 1 aliphatic carbocycles. The summed E-state index contributed by atoms with van der Waals surface area (Å²) in [4.78, 5) is 26.5. The number of carbonyl (C=O) groups excluding carboxylic acids is 2. The monoisotopic (exact) mass is 460 g/mol. The van der Waals surface area contributed by atoms with Crippen LogP contribution in [0.3, 0.4) is 0 Å². The number of ether oxygens (including phenoxy) is 4. The van der Waals surface area contributed by atoms with E-state index in [1.165, 1.54) is 38.5 Å². The number of aryl methyl sites for hydroxylation is 1. The number of carbonyl (C=O) groups is 2. The molecule has 0 aromatic heterocycles. The average molecular weight is 460 g/mol. The molecule has 5 atom stereocenters. The Morgan fingerprint density at radius 1 is 0.848 bits per heavy atom. The highest BCUT2D eigenvalue weighted by Crippen LogP contribution is 2.39. The van der Waals surface area contributed by atoms with Gasteiger partial charge in [-0.2, -0.15) is 0 Å². The maximum Gasteiger partial charge on any atom is 0.229 e. The van der Waals surface area contributed by atoms with Crippen molar-refractivity contribution in [1.82, 2.24) is 0 Å². The summed E-state index contributed by atoms with van der Waals surface area (Å²) >= 11 is 0. The number of hydrogen-bond acceptors (Lipinski definition) is 10. The third-order valence-corrected chi connectivity index (χ3v) is 5.90. The minimum atomic E-state index is -1.62. The Morgan fingerprint density at radius 3 is 2.18 bits per heavy atom. The first-order valence-corrected chi connectivity index (χ1v) is 10.2. The zero-order chi connectivity index (χ0) is 24.0. The van der Waals surface area contributed by atoms with Crippen LogP contribution in [0.5, 0.6) is 17.2 Å². The Morgan fingerprint density at radius 2 is 1.55 bits per heavy atom. The molecule has 0 unspecified atom stereocenters. The highest BCUT2D eigenvalue weighted by molar-refractivity contribution is 6.29. The highest BCUT2D eigenvalue weighted by atomic mass is 16.7. The molecule has 0 bridgehead atoms. The van der Waals surface area contributed by atoms with Crippen molar-refractivity contribution in [3.8, 4) is 17.2 Å². The standard InChI is InChI=1S/C23H24O10/c1-9-4-11-12(7-14(9)32-23-22(29)21(28)20(27)16(8-24)33-23)18(25)13-5-10(30-2)6-15(31-3)17(13)19(11)26/h4-7,16,20-24,27-29H,8H2,1-3H3/t16-,20+,21-,22-,23-/m1/s1. The third-order valence-electron chi connectivity index (χ3n) is 5.90. The van der Waals surface area contributed by atoms with Crippen LogP contribution < -0.4 is 14.2 Å². The molecule has 4 N–H and O–H groups in total. The number of benzene rings is 2. The summed E-state index contributed by atoms with van der Waals surface area (Å²) in [5.41, 5.74) is 0.953. The Hall–Kier alpha value is -3.02. The molecule has 10 heteroatoms. The number of fused-ring (bicyclic) bond motifs is 2. The molecule has 2 aromatic carbocycles. The van der Waals surface area contributed by atoms with E-state index in [-0.39, 0.29) is 33.8 Å². The summed E-state index contributed by atoms with van der Waals surface area (Å²) in [6.07, 6.45) is -7.35. The summed E-state index contributed by atoms with van der Waals surface area (Å²) in [7, 11) is 2.82. The Bertz CT molecular complexity index is 1110. The molecule has 1 fully saturated rings. The average Bonchev–Trinajstić information content (AvgIpc) is 2.82. The van der Waals surface area contributed by atoms with Gasteiger partial charge in [0.15, 0.2) is 11.6 Å². The molecule has 4 rings (SSSR count). The van der Waals surface area contributed by atoms with E-state index in [4.69, 9.17) is 18.9 Å².